The lowest BCUT2D eigenvalue weighted by atomic mass is 9.91. The third-order valence-electron chi connectivity index (χ3n) is 5.18. The number of hydrogen-bond acceptors (Lipinski definition) is 5. The fourth-order valence-electron chi connectivity index (χ4n) is 3.86. The van der Waals surface area contributed by atoms with Gasteiger partial charge < -0.3 is 25.0 Å². The molecule has 2 N–H and O–H groups in total. The van der Waals surface area contributed by atoms with Crippen molar-refractivity contribution in [3.63, 3.8) is 0 Å². The van der Waals surface area contributed by atoms with Gasteiger partial charge in [-0.1, -0.05) is 6.07 Å². The average molecular weight is 390 g/mol. The molecule has 0 saturated carbocycles. The summed E-state index contributed by atoms with van der Waals surface area (Å²) in [4.78, 5) is 31.6. The highest BCUT2D eigenvalue weighted by Gasteiger charge is 2.35. The predicted octanol–water partition coefficient (Wildman–Crippen LogP) is 2.65. The Hall–Kier alpha value is -2.35. The number of fused-ring (bicyclic) bond motifs is 1. The van der Waals surface area contributed by atoms with E-state index in [0.29, 0.717) is 19.6 Å². The summed E-state index contributed by atoms with van der Waals surface area (Å²) in [5.74, 6) is 0. The summed E-state index contributed by atoms with van der Waals surface area (Å²) in [6.45, 7) is 6.87. The lowest BCUT2D eigenvalue weighted by Gasteiger charge is -2.41. The maximum absolute atomic E-state index is 12.4. The van der Waals surface area contributed by atoms with Crippen LogP contribution in [0, 0.1) is 0 Å². The molecule has 8 nitrogen and oxygen atoms in total. The summed E-state index contributed by atoms with van der Waals surface area (Å²) in [5, 5.41) is 13.1. The third-order valence-corrected chi connectivity index (χ3v) is 5.18. The van der Waals surface area contributed by atoms with Gasteiger partial charge in [0.25, 0.3) is 0 Å². The number of carbonyl (C=O) groups excluding carboxylic acids is 1. The molecule has 8 heteroatoms. The number of carboxylic acid groups (broad SMARTS) is 1. The van der Waals surface area contributed by atoms with Gasteiger partial charge >= 0.3 is 12.2 Å². The van der Waals surface area contributed by atoms with Crippen molar-refractivity contribution in [2.24, 2.45) is 0 Å². The quantitative estimate of drug-likeness (QED) is 0.824. The summed E-state index contributed by atoms with van der Waals surface area (Å²) in [6.07, 6.45) is 3.52. The molecule has 0 aromatic carbocycles. The van der Waals surface area contributed by atoms with E-state index >= 15 is 0 Å². The summed E-state index contributed by atoms with van der Waals surface area (Å²) in [7, 11) is 0. The Kier molecular flexibility index (Phi) is 6.07. The number of nitrogens with zero attached hydrogens (tertiary/aromatic N) is 3. The minimum Gasteiger partial charge on any atom is -0.465 e. The number of carbonyl (C=O) groups is 2. The van der Waals surface area contributed by atoms with Crippen LogP contribution >= 0.6 is 0 Å². The van der Waals surface area contributed by atoms with Crippen LogP contribution in [0.2, 0.25) is 0 Å². The first kappa shape index (κ1) is 20.4. The van der Waals surface area contributed by atoms with Crippen LogP contribution in [0.15, 0.2) is 18.3 Å². The number of amides is 2. The van der Waals surface area contributed by atoms with Gasteiger partial charge in [0.1, 0.15) is 5.60 Å². The first-order valence-corrected chi connectivity index (χ1v) is 9.89. The largest absolute Gasteiger partial charge is 0.465 e. The minimum atomic E-state index is -0.960. The molecule has 1 aliphatic heterocycles. The Balaban J connectivity index is 1.66. The Labute approximate surface area is 165 Å². The van der Waals surface area contributed by atoms with Gasteiger partial charge in [0, 0.05) is 38.4 Å². The molecule has 154 valence electrons. The molecular formula is C20H30N4O4. The van der Waals surface area contributed by atoms with Crippen LogP contribution in [0.1, 0.15) is 50.9 Å². The SMILES string of the molecule is CC(C)(C)OC(=O)N1CCN(C(=O)O)C(CNC2CCCc3cccnc32)C1. The van der Waals surface area contributed by atoms with Crippen molar-refractivity contribution >= 4 is 12.2 Å². The highest BCUT2D eigenvalue weighted by atomic mass is 16.6. The van der Waals surface area contributed by atoms with Crippen LogP contribution in [0.5, 0.6) is 0 Å². The van der Waals surface area contributed by atoms with E-state index in [9.17, 15) is 14.7 Å². The van der Waals surface area contributed by atoms with E-state index in [1.165, 1.54) is 10.5 Å². The molecule has 1 aromatic rings. The van der Waals surface area contributed by atoms with Crippen LogP contribution in [0.4, 0.5) is 9.59 Å². The number of aromatic nitrogens is 1. The van der Waals surface area contributed by atoms with Crippen LogP contribution in [0.3, 0.4) is 0 Å². The van der Waals surface area contributed by atoms with Crippen LogP contribution in [-0.4, -0.2) is 69.9 Å². The normalized spacial score (nSPS) is 22.5. The van der Waals surface area contributed by atoms with E-state index in [1.807, 2.05) is 26.8 Å². The molecule has 2 heterocycles. The monoisotopic (exact) mass is 390 g/mol. The van der Waals surface area contributed by atoms with E-state index in [1.54, 1.807) is 11.1 Å². The summed E-state index contributed by atoms with van der Waals surface area (Å²) < 4.78 is 5.45. The van der Waals surface area contributed by atoms with E-state index < -0.39 is 17.8 Å². The Morgan fingerprint density at radius 2 is 2.14 bits per heavy atom. The average Bonchev–Trinajstić information content (AvgIpc) is 2.64. The molecule has 0 radical (unpaired) electrons. The third kappa shape index (κ3) is 4.92. The van der Waals surface area contributed by atoms with Crippen molar-refractivity contribution in [2.45, 2.75) is 57.7 Å². The Morgan fingerprint density at radius 3 is 2.86 bits per heavy atom. The molecule has 1 saturated heterocycles. The zero-order valence-electron chi connectivity index (χ0n) is 16.9. The first-order chi connectivity index (χ1) is 13.2. The topological polar surface area (TPSA) is 95.0 Å². The fraction of sp³-hybridized carbons (Fsp3) is 0.650. The standard InChI is InChI=1S/C20H30N4O4/c1-20(2,3)28-19(27)23-10-11-24(18(25)26)15(13-23)12-22-16-8-4-6-14-7-5-9-21-17(14)16/h5,7,9,15-16,22H,4,6,8,10-13H2,1-3H3,(H,25,26). The van der Waals surface area contributed by atoms with Crippen LogP contribution in [-0.2, 0) is 11.2 Å². The Bertz CT molecular complexity index is 718. The highest BCUT2D eigenvalue weighted by Crippen LogP contribution is 2.28. The van der Waals surface area contributed by atoms with Gasteiger partial charge in [-0.05, 0) is 51.7 Å². The molecule has 3 rings (SSSR count). The van der Waals surface area contributed by atoms with Crippen molar-refractivity contribution in [2.75, 3.05) is 26.2 Å². The summed E-state index contributed by atoms with van der Waals surface area (Å²) in [5.41, 5.74) is 1.72. The second-order valence-corrected chi connectivity index (χ2v) is 8.46. The number of piperazine rings is 1. The number of aryl methyl sites for hydroxylation is 1. The van der Waals surface area contributed by atoms with Crippen LogP contribution in [0.25, 0.3) is 0 Å². The van der Waals surface area contributed by atoms with Crippen molar-refractivity contribution in [1.82, 2.24) is 20.1 Å². The second-order valence-electron chi connectivity index (χ2n) is 8.46. The molecule has 2 aliphatic rings. The van der Waals surface area contributed by atoms with Gasteiger partial charge in [0.15, 0.2) is 0 Å². The molecule has 28 heavy (non-hydrogen) atoms. The lowest BCUT2D eigenvalue weighted by Crippen LogP contribution is -2.59. The number of rotatable bonds is 3. The van der Waals surface area contributed by atoms with Gasteiger partial charge in [-0.3, -0.25) is 4.98 Å². The van der Waals surface area contributed by atoms with E-state index in [2.05, 4.69) is 16.4 Å². The maximum atomic E-state index is 12.4. The van der Waals surface area contributed by atoms with Gasteiger partial charge in [-0.15, -0.1) is 0 Å². The number of hydrogen-bond donors (Lipinski definition) is 2. The second kappa shape index (κ2) is 8.34. The molecule has 2 unspecified atom stereocenters. The van der Waals surface area contributed by atoms with Crippen molar-refractivity contribution in [3.05, 3.63) is 29.6 Å². The zero-order chi connectivity index (χ0) is 20.3. The van der Waals surface area contributed by atoms with Gasteiger partial charge in [-0.2, -0.15) is 0 Å². The molecule has 2 amide bonds. The highest BCUT2D eigenvalue weighted by molar-refractivity contribution is 5.70. The fourth-order valence-corrected chi connectivity index (χ4v) is 3.86. The van der Waals surface area contributed by atoms with Gasteiger partial charge in [-0.25, -0.2) is 9.59 Å². The van der Waals surface area contributed by atoms with Crippen molar-refractivity contribution in [3.8, 4) is 0 Å². The van der Waals surface area contributed by atoms with Gasteiger partial charge in [0.05, 0.1) is 11.7 Å². The van der Waals surface area contributed by atoms with Crippen molar-refractivity contribution in [1.29, 1.82) is 0 Å². The zero-order valence-corrected chi connectivity index (χ0v) is 16.9. The first-order valence-electron chi connectivity index (χ1n) is 9.89. The number of ether oxygens (including phenoxy) is 1. The Morgan fingerprint density at radius 1 is 1.36 bits per heavy atom. The minimum absolute atomic E-state index is 0.109. The maximum Gasteiger partial charge on any atom is 0.410 e. The summed E-state index contributed by atoms with van der Waals surface area (Å²) in [6, 6.07) is 3.84. The lowest BCUT2D eigenvalue weighted by molar-refractivity contribution is 0.00515. The molecular weight excluding hydrogens is 360 g/mol. The van der Waals surface area contributed by atoms with Crippen LogP contribution < -0.4 is 5.32 Å². The molecule has 0 spiro atoms. The predicted molar refractivity (Wildman–Crippen MR) is 104 cm³/mol. The number of nitrogens with one attached hydrogen (secondary N) is 1. The molecule has 1 aromatic heterocycles. The number of pyridine rings is 1. The van der Waals surface area contributed by atoms with E-state index in [-0.39, 0.29) is 18.6 Å². The van der Waals surface area contributed by atoms with E-state index in [4.69, 9.17) is 4.74 Å². The molecule has 1 fully saturated rings. The van der Waals surface area contributed by atoms with Gasteiger partial charge in [0.2, 0.25) is 0 Å². The van der Waals surface area contributed by atoms with Crippen molar-refractivity contribution < 1.29 is 19.4 Å². The smallest absolute Gasteiger partial charge is 0.410 e. The summed E-state index contributed by atoms with van der Waals surface area (Å²) >= 11 is 0. The molecule has 0 bridgehead atoms. The van der Waals surface area contributed by atoms with E-state index in [0.717, 1.165) is 25.0 Å². The molecule has 1 aliphatic carbocycles. The molecule has 2 atom stereocenters.